The first-order valence-electron chi connectivity index (χ1n) is 8.49. The molecular formula is C18H16BrNO3. The normalized spacial score (nSPS) is 58.2. The van der Waals surface area contributed by atoms with Crippen molar-refractivity contribution < 1.29 is 14.7 Å². The molecule has 0 radical (unpaired) electrons. The van der Waals surface area contributed by atoms with E-state index in [9.17, 15) is 5.21 Å². The van der Waals surface area contributed by atoms with Crippen LogP contribution in [0, 0.1) is 40.9 Å². The molecule has 7 aliphatic rings. The van der Waals surface area contributed by atoms with E-state index in [1.165, 1.54) is 0 Å². The lowest BCUT2D eigenvalue weighted by molar-refractivity contribution is -0.404. The van der Waals surface area contributed by atoms with Gasteiger partial charge in [-0.25, -0.2) is 0 Å². The molecule has 6 aliphatic carbocycles. The second-order valence-electron chi connectivity index (χ2n) is 8.03. The Balaban J connectivity index is 1.37. The molecule has 1 saturated heterocycles. The topological polar surface area (TPSA) is 51.1 Å². The molecule has 8 rings (SSSR count). The highest BCUT2D eigenvalue weighted by Gasteiger charge is 3.09. The van der Waals surface area contributed by atoms with Crippen LogP contribution in [0.15, 0.2) is 35.5 Å². The first-order chi connectivity index (χ1) is 11.2. The van der Waals surface area contributed by atoms with Crippen molar-refractivity contribution in [3.05, 3.63) is 35.9 Å². The molecule has 0 amide bonds. The van der Waals surface area contributed by atoms with Gasteiger partial charge in [0, 0.05) is 11.3 Å². The van der Waals surface area contributed by atoms with Gasteiger partial charge in [-0.15, -0.1) is 0 Å². The van der Waals surface area contributed by atoms with E-state index in [0.717, 1.165) is 11.3 Å². The summed E-state index contributed by atoms with van der Waals surface area (Å²) in [4.78, 5) is 0. The average Bonchev–Trinajstić information content (AvgIpc) is 3.11. The monoisotopic (exact) mass is 373 g/mol. The van der Waals surface area contributed by atoms with Crippen molar-refractivity contribution in [2.24, 2.45) is 46.1 Å². The SMILES string of the molecule is O/N=C(/c1ccccc1)C12C3C4C1C1C2C3C1(Br)C41OCCO1. The molecule has 7 fully saturated rings. The summed E-state index contributed by atoms with van der Waals surface area (Å²) in [6.45, 7) is 1.42. The molecule has 4 unspecified atom stereocenters. The van der Waals surface area contributed by atoms with E-state index in [4.69, 9.17) is 9.47 Å². The highest BCUT2D eigenvalue weighted by Crippen LogP contribution is 3.05. The summed E-state index contributed by atoms with van der Waals surface area (Å²) in [5.74, 6) is 3.07. The van der Waals surface area contributed by atoms with E-state index in [1.54, 1.807) is 0 Å². The van der Waals surface area contributed by atoms with Gasteiger partial charge in [0.1, 0.15) is 0 Å². The molecule has 2 bridgehead atoms. The van der Waals surface area contributed by atoms with Gasteiger partial charge in [0.25, 0.3) is 0 Å². The quantitative estimate of drug-likeness (QED) is 0.375. The predicted octanol–water partition coefficient (Wildman–Crippen LogP) is 2.49. The van der Waals surface area contributed by atoms with Crippen LogP contribution in [0.5, 0.6) is 0 Å². The highest BCUT2D eigenvalue weighted by atomic mass is 79.9. The summed E-state index contributed by atoms with van der Waals surface area (Å²) in [6, 6.07) is 10.2. The number of alkyl halides is 1. The third-order valence-electron chi connectivity index (χ3n) is 8.19. The zero-order valence-corrected chi connectivity index (χ0v) is 13.9. The van der Waals surface area contributed by atoms with E-state index in [2.05, 4.69) is 33.2 Å². The molecule has 0 aromatic heterocycles. The molecule has 1 heterocycles. The predicted molar refractivity (Wildman–Crippen MR) is 84.4 cm³/mol. The molecule has 5 heteroatoms. The fourth-order valence-electron chi connectivity index (χ4n) is 8.08. The molecule has 1 aromatic rings. The van der Waals surface area contributed by atoms with Crippen LogP contribution in [0.1, 0.15) is 5.56 Å². The Bertz CT molecular complexity index is 767. The Morgan fingerprint density at radius 3 is 2.22 bits per heavy atom. The van der Waals surface area contributed by atoms with E-state index in [-0.39, 0.29) is 9.74 Å². The lowest BCUT2D eigenvalue weighted by atomic mass is 9.12. The number of halogens is 1. The number of oxime groups is 1. The lowest BCUT2D eigenvalue weighted by Gasteiger charge is -2.91. The van der Waals surface area contributed by atoms with Gasteiger partial charge in [0.15, 0.2) is 5.79 Å². The van der Waals surface area contributed by atoms with Crippen molar-refractivity contribution in [3.63, 3.8) is 0 Å². The van der Waals surface area contributed by atoms with Gasteiger partial charge in [0.05, 0.1) is 23.2 Å². The lowest BCUT2D eigenvalue weighted by Crippen LogP contribution is -2.94. The van der Waals surface area contributed by atoms with Crippen molar-refractivity contribution in [1.29, 1.82) is 0 Å². The Labute approximate surface area is 142 Å². The van der Waals surface area contributed by atoms with Crippen molar-refractivity contribution >= 4 is 21.6 Å². The van der Waals surface area contributed by atoms with E-state index in [0.29, 0.717) is 48.7 Å². The minimum atomic E-state index is -0.397. The van der Waals surface area contributed by atoms with Crippen LogP contribution in [0.25, 0.3) is 0 Å². The second-order valence-corrected chi connectivity index (χ2v) is 9.35. The highest BCUT2D eigenvalue weighted by molar-refractivity contribution is 9.10. The molecule has 118 valence electrons. The average molecular weight is 374 g/mol. The van der Waals surface area contributed by atoms with Crippen LogP contribution >= 0.6 is 15.9 Å². The van der Waals surface area contributed by atoms with Crippen LogP contribution in [0.4, 0.5) is 0 Å². The number of benzene rings is 1. The van der Waals surface area contributed by atoms with Gasteiger partial charge >= 0.3 is 0 Å². The van der Waals surface area contributed by atoms with Crippen molar-refractivity contribution in [2.75, 3.05) is 13.2 Å². The maximum atomic E-state index is 9.81. The Morgan fingerprint density at radius 2 is 1.61 bits per heavy atom. The van der Waals surface area contributed by atoms with Gasteiger partial charge in [-0.2, -0.15) is 0 Å². The first kappa shape index (κ1) is 12.5. The molecule has 1 aromatic carbocycles. The smallest absolute Gasteiger partial charge is 0.187 e. The van der Waals surface area contributed by atoms with Crippen LogP contribution < -0.4 is 0 Å². The summed E-state index contributed by atoms with van der Waals surface area (Å²) >= 11 is 4.07. The fraction of sp³-hybridized carbons (Fsp3) is 0.611. The van der Waals surface area contributed by atoms with Gasteiger partial charge in [-0.1, -0.05) is 51.4 Å². The summed E-state index contributed by atoms with van der Waals surface area (Å²) in [7, 11) is 0. The Kier molecular flexibility index (Phi) is 1.77. The van der Waals surface area contributed by atoms with Crippen LogP contribution in [-0.4, -0.2) is 34.2 Å². The minimum Gasteiger partial charge on any atom is -0.411 e. The van der Waals surface area contributed by atoms with Crippen molar-refractivity contribution in [3.8, 4) is 0 Å². The molecule has 23 heavy (non-hydrogen) atoms. The number of hydrogen-bond donors (Lipinski definition) is 1. The molecule has 4 atom stereocenters. The van der Waals surface area contributed by atoms with E-state index in [1.807, 2.05) is 18.2 Å². The fourth-order valence-corrected chi connectivity index (χ4v) is 9.71. The zero-order valence-electron chi connectivity index (χ0n) is 12.4. The van der Waals surface area contributed by atoms with Gasteiger partial charge in [-0.3, -0.25) is 0 Å². The Morgan fingerprint density at radius 1 is 1.00 bits per heavy atom. The summed E-state index contributed by atoms with van der Waals surface area (Å²) < 4.78 is 12.4. The maximum absolute atomic E-state index is 9.81. The van der Waals surface area contributed by atoms with E-state index >= 15 is 0 Å². The standard InChI is InChI=1S/C18H16BrNO3/c19-17-12-9-13(17)11-14(18(17)22-6-7-23-18)10(12)16(9,11)15(20-21)8-4-2-1-3-5-8/h1-5,9-14,21H,6-7H2/b20-15-. The van der Waals surface area contributed by atoms with Gasteiger partial charge in [-0.05, 0) is 35.2 Å². The molecular weight excluding hydrogens is 358 g/mol. The molecule has 1 N–H and O–H groups in total. The number of nitrogens with zero attached hydrogens (tertiary/aromatic N) is 1. The third-order valence-corrected chi connectivity index (χ3v) is 9.80. The first-order valence-corrected chi connectivity index (χ1v) is 9.28. The third kappa shape index (κ3) is 0.815. The zero-order chi connectivity index (χ0) is 15.2. The van der Waals surface area contributed by atoms with Crippen molar-refractivity contribution in [1.82, 2.24) is 0 Å². The van der Waals surface area contributed by atoms with Crippen LogP contribution in [-0.2, 0) is 9.47 Å². The summed E-state index contributed by atoms with van der Waals surface area (Å²) in [6.07, 6.45) is 0. The molecule has 4 nitrogen and oxygen atoms in total. The molecule has 1 aliphatic heterocycles. The summed E-state index contributed by atoms with van der Waals surface area (Å²) in [5.41, 5.74) is 2.06. The molecule has 1 spiro atoms. The van der Waals surface area contributed by atoms with Gasteiger partial charge in [0.2, 0.25) is 0 Å². The maximum Gasteiger partial charge on any atom is 0.187 e. The van der Waals surface area contributed by atoms with Gasteiger partial charge < -0.3 is 14.7 Å². The van der Waals surface area contributed by atoms with Crippen LogP contribution in [0.2, 0.25) is 0 Å². The van der Waals surface area contributed by atoms with E-state index < -0.39 is 5.79 Å². The minimum absolute atomic E-state index is 0.0279. The largest absolute Gasteiger partial charge is 0.411 e. The van der Waals surface area contributed by atoms with Crippen LogP contribution in [0.3, 0.4) is 0 Å². The molecule has 6 saturated carbocycles. The number of rotatable bonds is 2. The van der Waals surface area contributed by atoms with Crippen molar-refractivity contribution in [2.45, 2.75) is 10.1 Å². The Hall–Kier alpha value is -0.910. The number of ether oxygens (including phenoxy) is 2. The second kappa shape index (κ2) is 3.26. The number of hydrogen-bond acceptors (Lipinski definition) is 4. The summed E-state index contributed by atoms with van der Waals surface area (Å²) in [5, 5.41) is 13.6.